The van der Waals surface area contributed by atoms with E-state index in [0.717, 1.165) is 5.76 Å². The van der Waals surface area contributed by atoms with E-state index in [4.69, 9.17) is 14.6 Å². The SMILES string of the molecule is C/C1=C\CCC(O)[C@@H](COC(=O)CCC(=O)O)C(C)O1. The second kappa shape index (κ2) is 7.89. The first-order chi connectivity index (χ1) is 9.40. The molecule has 114 valence electrons. The summed E-state index contributed by atoms with van der Waals surface area (Å²) in [7, 11) is 0. The Kier molecular flexibility index (Phi) is 6.51. The largest absolute Gasteiger partial charge is 0.495 e. The lowest BCUT2D eigenvalue weighted by atomic mass is 9.93. The summed E-state index contributed by atoms with van der Waals surface area (Å²) in [6.45, 7) is 3.71. The number of aliphatic hydroxyl groups excluding tert-OH is 1. The summed E-state index contributed by atoms with van der Waals surface area (Å²) in [6, 6.07) is 0. The maximum atomic E-state index is 11.4. The monoisotopic (exact) mass is 286 g/mol. The van der Waals surface area contributed by atoms with Crippen molar-refractivity contribution in [3.05, 3.63) is 11.8 Å². The number of esters is 1. The molecule has 0 saturated carbocycles. The lowest BCUT2D eigenvalue weighted by molar-refractivity contribution is -0.151. The minimum atomic E-state index is -1.04. The summed E-state index contributed by atoms with van der Waals surface area (Å²) in [5, 5.41) is 18.6. The third-order valence-corrected chi connectivity index (χ3v) is 3.34. The van der Waals surface area contributed by atoms with Gasteiger partial charge in [0, 0.05) is 0 Å². The average molecular weight is 286 g/mol. The Morgan fingerprint density at radius 2 is 2.15 bits per heavy atom. The number of aliphatic carboxylic acids is 1. The molecule has 0 bridgehead atoms. The topological polar surface area (TPSA) is 93.1 Å². The highest BCUT2D eigenvalue weighted by Gasteiger charge is 2.29. The number of carboxylic acid groups (broad SMARTS) is 1. The molecule has 0 radical (unpaired) electrons. The van der Waals surface area contributed by atoms with Crippen LogP contribution in [0.25, 0.3) is 0 Å². The molecule has 2 N–H and O–H groups in total. The first-order valence-electron chi connectivity index (χ1n) is 6.79. The zero-order chi connectivity index (χ0) is 15.1. The van der Waals surface area contributed by atoms with Crippen LogP contribution in [0.2, 0.25) is 0 Å². The quantitative estimate of drug-likeness (QED) is 0.743. The molecule has 0 saturated heterocycles. The zero-order valence-electron chi connectivity index (χ0n) is 11.9. The number of aliphatic hydroxyl groups is 1. The maximum Gasteiger partial charge on any atom is 0.306 e. The molecule has 1 aliphatic rings. The number of ether oxygens (including phenoxy) is 2. The second-order valence-corrected chi connectivity index (χ2v) is 5.02. The Morgan fingerprint density at radius 3 is 2.80 bits per heavy atom. The highest BCUT2D eigenvalue weighted by molar-refractivity contribution is 5.76. The van der Waals surface area contributed by atoms with E-state index in [0.29, 0.717) is 12.8 Å². The molecule has 0 aromatic carbocycles. The molecule has 0 spiro atoms. The van der Waals surface area contributed by atoms with Crippen molar-refractivity contribution >= 4 is 11.9 Å². The van der Waals surface area contributed by atoms with Gasteiger partial charge in [-0.1, -0.05) is 0 Å². The van der Waals surface area contributed by atoms with Gasteiger partial charge in [-0.05, 0) is 32.8 Å². The second-order valence-electron chi connectivity index (χ2n) is 5.02. The summed E-state index contributed by atoms with van der Waals surface area (Å²) >= 11 is 0. The standard InChI is InChI=1S/C14H22O6/c1-9-4-3-5-12(15)11(10(2)20-9)8-19-14(18)7-6-13(16)17/h4,10-12,15H,3,5-8H2,1-2H3,(H,16,17)/b9-4+/t10?,11-,12?/m0/s1. The van der Waals surface area contributed by atoms with Crippen LogP contribution in [0, 0.1) is 5.92 Å². The van der Waals surface area contributed by atoms with Crippen LogP contribution in [0.3, 0.4) is 0 Å². The van der Waals surface area contributed by atoms with Gasteiger partial charge in [-0.25, -0.2) is 0 Å². The van der Waals surface area contributed by atoms with Crippen LogP contribution in [0.15, 0.2) is 11.8 Å². The fourth-order valence-electron chi connectivity index (χ4n) is 2.13. The van der Waals surface area contributed by atoms with Gasteiger partial charge in [-0.2, -0.15) is 0 Å². The van der Waals surface area contributed by atoms with E-state index in [1.54, 1.807) is 0 Å². The van der Waals surface area contributed by atoms with Crippen LogP contribution < -0.4 is 0 Å². The van der Waals surface area contributed by atoms with E-state index >= 15 is 0 Å². The van der Waals surface area contributed by atoms with Crippen LogP contribution in [-0.4, -0.2) is 41.0 Å². The van der Waals surface area contributed by atoms with E-state index in [-0.39, 0.29) is 31.5 Å². The molecule has 6 nitrogen and oxygen atoms in total. The average Bonchev–Trinajstić information content (AvgIpc) is 2.35. The van der Waals surface area contributed by atoms with Gasteiger partial charge in [0.15, 0.2) is 0 Å². The molecule has 0 aliphatic carbocycles. The smallest absolute Gasteiger partial charge is 0.306 e. The number of carbonyl (C=O) groups excluding carboxylic acids is 1. The molecule has 1 rings (SSSR count). The normalized spacial score (nSPS) is 29.4. The summed E-state index contributed by atoms with van der Waals surface area (Å²) in [5.74, 6) is -1.12. The van der Waals surface area contributed by atoms with E-state index < -0.39 is 18.0 Å². The van der Waals surface area contributed by atoms with E-state index in [1.807, 2.05) is 19.9 Å². The Morgan fingerprint density at radius 1 is 1.45 bits per heavy atom. The third-order valence-electron chi connectivity index (χ3n) is 3.34. The molecule has 6 heteroatoms. The van der Waals surface area contributed by atoms with E-state index in [2.05, 4.69) is 0 Å². The molecule has 0 fully saturated rings. The Hall–Kier alpha value is -1.56. The summed E-state index contributed by atoms with van der Waals surface area (Å²) in [4.78, 5) is 21.8. The summed E-state index contributed by atoms with van der Waals surface area (Å²) in [6.07, 6.45) is 1.93. The number of hydrogen-bond acceptors (Lipinski definition) is 5. The fourth-order valence-corrected chi connectivity index (χ4v) is 2.13. The number of rotatable bonds is 5. The number of hydrogen-bond donors (Lipinski definition) is 2. The Balaban J connectivity index is 2.48. The lowest BCUT2D eigenvalue weighted by Crippen LogP contribution is -2.36. The molecule has 2 unspecified atom stereocenters. The van der Waals surface area contributed by atoms with E-state index in [1.165, 1.54) is 0 Å². The molecule has 0 aromatic heterocycles. The first-order valence-corrected chi connectivity index (χ1v) is 6.79. The van der Waals surface area contributed by atoms with E-state index in [9.17, 15) is 14.7 Å². The van der Waals surface area contributed by atoms with Crippen molar-refractivity contribution in [1.82, 2.24) is 0 Å². The van der Waals surface area contributed by atoms with Crippen molar-refractivity contribution in [2.24, 2.45) is 5.92 Å². The number of carboxylic acids is 1. The van der Waals surface area contributed by atoms with Gasteiger partial charge in [0.05, 0.1) is 30.6 Å². The van der Waals surface area contributed by atoms with Crippen LogP contribution in [0.5, 0.6) is 0 Å². The van der Waals surface area contributed by atoms with Gasteiger partial charge in [0.1, 0.15) is 12.7 Å². The molecular weight excluding hydrogens is 264 g/mol. The first kappa shape index (κ1) is 16.5. The van der Waals surface area contributed by atoms with Crippen LogP contribution in [0.4, 0.5) is 0 Å². The van der Waals surface area contributed by atoms with Gasteiger partial charge in [0.25, 0.3) is 0 Å². The predicted molar refractivity (Wildman–Crippen MR) is 70.9 cm³/mol. The minimum absolute atomic E-state index is 0.0358. The fraction of sp³-hybridized carbons (Fsp3) is 0.714. The molecule has 0 amide bonds. The Labute approximate surface area is 118 Å². The zero-order valence-corrected chi connectivity index (χ0v) is 11.9. The van der Waals surface area contributed by atoms with Gasteiger partial charge < -0.3 is 19.7 Å². The van der Waals surface area contributed by atoms with Crippen molar-refractivity contribution in [3.63, 3.8) is 0 Å². The van der Waals surface area contributed by atoms with Gasteiger partial charge in [0.2, 0.25) is 0 Å². The summed E-state index contributed by atoms with van der Waals surface area (Å²) < 4.78 is 10.7. The molecular formula is C14H22O6. The van der Waals surface area contributed by atoms with Crippen molar-refractivity contribution in [3.8, 4) is 0 Å². The lowest BCUT2D eigenvalue weighted by Gasteiger charge is -2.30. The molecule has 1 aliphatic heterocycles. The molecule has 3 atom stereocenters. The highest BCUT2D eigenvalue weighted by atomic mass is 16.5. The number of allylic oxidation sites excluding steroid dienone is 2. The number of carbonyl (C=O) groups is 2. The van der Waals surface area contributed by atoms with Gasteiger partial charge >= 0.3 is 11.9 Å². The van der Waals surface area contributed by atoms with Crippen LogP contribution in [-0.2, 0) is 19.1 Å². The minimum Gasteiger partial charge on any atom is -0.495 e. The van der Waals surface area contributed by atoms with Gasteiger partial charge in [-0.3, -0.25) is 9.59 Å². The van der Waals surface area contributed by atoms with Gasteiger partial charge in [-0.15, -0.1) is 0 Å². The van der Waals surface area contributed by atoms with Crippen LogP contribution in [0.1, 0.15) is 39.5 Å². The predicted octanol–water partition coefficient (Wildman–Crippen LogP) is 1.47. The molecule has 0 aromatic rings. The summed E-state index contributed by atoms with van der Waals surface area (Å²) in [5.41, 5.74) is 0. The highest BCUT2D eigenvalue weighted by Crippen LogP contribution is 2.23. The third kappa shape index (κ3) is 5.61. The van der Waals surface area contributed by atoms with Crippen molar-refractivity contribution in [2.45, 2.75) is 51.7 Å². The van der Waals surface area contributed by atoms with Crippen molar-refractivity contribution < 1.29 is 29.3 Å². The maximum absolute atomic E-state index is 11.4. The van der Waals surface area contributed by atoms with Crippen molar-refractivity contribution in [1.29, 1.82) is 0 Å². The molecule has 20 heavy (non-hydrogen) atoms. The van der Waals surface area contributed by atoms with Crippen molar-refractivity contribution in [2.75, 3.05) is 6.61 Å². The van der Waals surface area contributed by atoms with Crippen LogP contribution >= 0.6 is 0 Å². The molecule has 1 heterocycles. The Bertz CT molecular complexity index is 376.